The lowest BCUT2D eigenvalue weighted by Crippen LogP contribution is -2.32. The Morgan fingerprint density at radius 2 is 1.88 bits per heavy atom. The standard InChI is InChI=1S/C31H37N7O3/c1-40-19-18-37(24-11-12-24)16-5-8-27(39)38-17-15-23(20-38)36-31-28(30(33)34-21-35-31)29(32)22-9-13-26(14-10-22)41-25-6-3-2-4-7-25/h2-10,13-14,21,23-24,32H,11-12,15-20H2,1H3,(H3,33,34,35,36)/b8-5+,32-29?/t23-/m1/s1. The molecule has 1 aromatic heterocycles. The largest absolute Gasteiger partial charge is 0.457 e. The number of nitrogens with one attached hydrogen (secondary N) is 2. The molecule has 2 fully saturated rings. The number of nitrogen functional groups attached to an aromatic ring is 1. The number of benzene rings is 2. The number of carbonyl (C=O) groups excluding carboxylic acids is 1. The van der Waals surface area contributed by atoms with Gasteiger partial charge in [0.15, 0.2) is 0 Å². The topological polar surface area (TPSA) is 130 Å². The number of likely N-dealkylation sites (tertiary alicyclic amines) is 1. The first-order valence-corrected chi connectivity index (χ1v) is 14.0. The highest BCUT2D eigenvalue weighted by molar-refractivity contribution is 6.16. The van der Waals surface area contributed by atoms with Gasteiger partial charge in [-0.1, -0.05) is 24.3 Å². The fourth-order valence-corrected chi connectivity index (χ4v) is 4.95. The predicted molar refractivity (Wildman–Crippen MR) is 160 cm³/mol. The summed E-state index contributed by atoms with van der Waals surface area (Å²) in [5.41, 5.74) is 7.54. The van der Waals surface area contributed by atoms with Crippen molar-refractivity contribution in [2.24, 2.45) is 0 Å². The van der Waals surface area contributed by atoms with Crippen LogP contribution in [0.3, 0.4) is 0 Å². The Hall–Kier alpha value is -4.28. The lowest BCUT2D eigenvalue weighted by atomic mass is 10.0. The van der Waals surface area contributed by atoms with Crippen molar-refractivity contribution < 1.29 is 14.3 Å². The van der Waals surface area contributed by atoms with Crippen LogP contribution >= 0.6 is 0 Å². The number of para-hydroxylation sites is 1. The van der Waals surface area contributed by atoms with Gasteiger partial charge in [-0.05, 0) is 55.7 Å². The molecule has 1 saturated heterocycles. The molecule has 0 bridgehead atoms. The molecule has 3 aromatic rings. The Morgan fingerprint density at radius 3 is 2.61 bits per heavy atom. The van der Waals surface area contributed by atoms with Gasteiger partial charge >= 0.3 is 0 Å². The van der Waals surface area contributed by atoms with Crippen molar-refractivity contribution in [2.45, 2.75) is 31.3 Å². The molecule has 1 amide bonds. The Morgan fingerprint density at radius 1 is 1.12 bits per heavy atom. The molecule has 2 aliphatic rings. The van der Waals surface area contributed by atoms with E-state index in [0.717, 1.165) is 25.3 Å². The van der Waals surface area contributed by atoms with Gasteiger partial charge in [0.1, 0.15) is 29.5 Å². The quantitative estimate of drug-likeness (QED) is 0.214. The van der Waals surface area contributed by atoms with Crippen molar-refractivity contribution in [3.05, 3.63) is 84.2 Å². The third kappa shape index (κ3) is 7.47. The molecule has 5 rings (SSSR count). The van der Waals surface area contributed by atoms with E-state index in [1.165, 1.54) is 19.2 Å². The van der Waals surface area contributed by atoms with Gasteiger partial charge in [-0.2, -0.15) is 0 Å². The molecule has 0 radical (unpaired) electrons. The average Bonchev–Trinajstić information content (AvgIpc) is 3.73. The first kappa shape index (κ1) is 28.3. The molecule has 4 N–H and O–H groups in total. The number of carbonyl (C=O) groups is 1. The van der Waals surface area contributed by atoms with Crippen LogP contribution in [0.5, 0.6) is 11.5 Å². The summed E-state index contributed by atoms with van der Waals surface area (Å²) in [4.78, 5) is 25.6. The van der Waals surface area contributed by atoms with E-state index in [4.69, 9.17) is 20.6 Å². The van der Waals surface area contributed by atoms with Crippen LogP contribution in [0.25, 0.3) is 0 Å². The van der Waals surface area contributed by atoms with Crippen molar-refractivity contribution in [1.82, 2.24) is 19.8 Å². The van der Waals surface area contributed by atoms with Gasteiger partial charge in [-0.3, -0.25) is 15.1 Å². The molecule has 0 unspecified atom stereocenters. The summed E-state index contributed by atoms with van der Waals surface area (Å²) in [6.07, 6.45) is 8.22. The average molecular weight is 556 g/mol. The molecule has 2 aromatic carbocycles. The molecule has 1 saturated carbocycles. The molecule has 214 valence electrons. The minimum atomic E-state index is -0.0143. The van der Waals surface area contributed by atoms with E-state index in [1.54, 1.807) is 13.2 Å². The molecular formula is C31H37N7O3. The highest BCUT2D eigenvalue weighted by Crippen LogP contribution is 2.27. The van der Waals surface area contributed by atoms with E-state index in [9.17, 15) is 4.79 Å². The summed E-state index contributed by atoms with van der Waals surface area (Å²) < 4.78 is 11.1. The fourth-order valence-electron chi connectivity index (χ4n) is 4.95. The second-order valence-electron chi connectivity index (χ2n) is 10.3. The van der Waals surface area contributed by atoms with Crippen LogP contribution in [0, 0.1) is 5.41 Å². The van der Waals surface area contributed by atoms with Crippen LogP contribution in [-0.4, -0.2) is 83.4 Å². The Labute approximate surface area is 240 Å². The summed E-state index contributed by atoms with van der Waals surface area (Å²) in [5, 5.41) is 12.3. The van der Waals surface area contributed by atoms with Gasteiger partial charge < -0.3 is 25.4 Å². The molecule has 1 aliphatic heterocycles. The van der Waals surface area contributed by atoms with Crippen LogP contribution in [0.15, 0.2) is 73.1 Å². The summed E-state index contributed by atoms with van der Waals surface area (Å²) in [5.74, 6) is 2.12. The molecule has 41 heavy (non-hydrogen) atoms. The summed E-state index contributed by atoms with van der Waals surface area (Å²) >= 11 is 0. The van der Waals surface area contributed by atoms with Crippen molar-refractivity contribution >= 4 is 23.3 Å². The molecule has 1 aliphatic carbocycles. The predicted octanol–water partition coefficient (Wildman–Crippen LogP) is 3.95. The van der Waals surface area contributed by atoms with E-state index in [1.807, 2.05) is 65.6 Å². The Bertz CT molecular complexity index is 1360. The van der Waals surface area contributed by atoms with Gasteiger partial charge in [0.05, 0.1) is 17.9 Å². The second kappa shape index (κ2) is 13.4. The van der Waals surface area contributed by atoms with E-state index < -0.39 is 0 Å². The van der Waals surface area contributed by atoms with Gasteiger partial charge in [0.25, 0.3) is 0 Å². The zero-order valence-electron chi connectivity index (χ0n) is 23.3. The number of anilines is 2. The maximum absolute atomic E-state index is 12.9. The first-order valence-electron chi connectivity index (χ1n) is 14.0. The SMILES string of the molecule is COCCN(C/C=C/C(=O)N1CC[C@@H](Nc2ncnc(N)c2C(=N)c2ccc(Oc3ccccc3)cc2)C1)C1CC1. The van der Waals surface area contributed by atoms with E-state index >= 15 is 0 Å². The van der Waals surface area contributed by atoms with E-state index in [-0.39, 0.29) is 23.5 Å². The fraction of sp³-hybridized carbons (Fsp3) is 0.355. The minimum absolute atomic E-state index is 0.00441. The third-order valence-electron chi connectivity index (χ3n) is 7.34. The number of nitrogens with zero attached hydrogens (tertiary/aromatic N) is 4. The molecule has 10 heteroatoms. The van der Waals surface area contributed by atoms with Gasteiger partial charge in [0.2, 0.25) is 5.91 Å². The second-order valence-corrected chi connectivity index (χ2v) is 10.3. The minimum Gasteiger partial charge on any atom is -0.457 e. The lowest BCUT2D eigenvalue weighted by Gasteiger charge is -2.20. The van der Waals surface area contributed by atoms with Crippen LogP contribution in [0.1, 0.15) is 30.4 Å². The third-order valence-corrected chi connectivity index (χ3v) is 7.34. The van der Waals surface area contributed by atoms with Crippen molar-refractivity contribution in [1.29, 1.82) is 5.41 Å². The highest BCUT2D eigenvalue weighted by atomic mass is 16.5. The zero-order chi connectivity index (χ0) is 28.6. The zero-order valence-corrected chi connectivity index (χ0v) is 23.3. The number of ether oxygens (including phenoxy) is 2. The maximum Gasteiger partial charge on any atom is 0.246 e. The van der Waals surface area contributed by atoms with Crippen LogP contribution in [-0.2, 0) is 9.53 Å². The summed E-state index contributed by atoms with van der Waals surface area (Å²) in [7, 11) is 1.71. The van der Waals surface area contributed by atoms with E-state index in [0.29, 0.717) is 48.4 Å². The van der Waals surface area contributed by atoms with Gasteiger partial charge in [0, 0.05) is 57.0 Å². The number of aromatic nitrogens is 2. The number of hydrogen-bond donors (Lipinski definition) is 3. The normalized spacial score (nSPS) is 16.8. The number of methoxy groups -OCH3 is 1. The summed E-state index contributed by atoms with van der Waals surface area (Å²) in [6, 6.07) is 17.4. The first-order chi connectivity index (χ1) is 20.0. The van der Waals surface area contributed by atoms with E-state index in [2.05, 4.69) is 20.2 Å². The highest BCUT2D eigenvalue weighted by Gasteiger charge is 2.29. The number of hydrogen-bond acceptors (Lipinski definition) is 9. The van der Waals surface area contributed by atoms with Crippen molar-refractivity contribution in [3.63, 3.8) is 0 Å². The van der Waals surface area contributed by atoms with Gasteiger partial charge in [-0.25, -0.2) is 9.97 Å². The molecule has 0 spiro atoms. The number of nitrogens with two attached hydrogens (primary N) is 1. The molecule has 2 heterocycles. The smallest absolute Gasteiger partial charge is 0.246 e. The van der Waals surface area contributed by atoms with Crippen molar-refractivity contribution in [3.8, 4) is 11.5 Å². The number of amides is 1. The maximum atomic E-state index is 12.9. The molecule has 10 nitrogen and oxygen atoms in total. The Balaban J connectivity index is 1.19. The van der Waals surface area contributed by atoms with Crippen LogP contribution in [0.4, 0.5) is 11.6 Å². The Kier molecular flexibility index (Phi) is 9.22. The van der Waals surface area contributed by atoms with Gasteiger partial charge in [-0.15, -0.1) is 0 Å². The monoisotopic (exact) mass is 555 g/mol. The van der Waals surface area contributed by atoms with Crippen molar-refractivity contribution in [2.75, 3.05) is 50.9 Å². The summed E-state index contributed by atoms with van der Waals surface area (Å²) in [6.45, 7) is 3.51. The molecule has 1 atom stereocenters. The molecular weight excluding hydrogens is 518 g/mol. The van der Waals surface area contributed by atoms with Crippen LogP contribution in [0.2, 0.25) is 0 Å². The lowest BCUT2D eigenvalue weighted by molar-refractivity contribution is -0.125. The van der Waals surface area contributed by atoms with Crippen LogP contribution < -0.4 is 15.8 Å². The number of rotatable bonds is 13.